The lowest BCUT2D eigenvalue weighted by molar-refractivity contribution is 0.132. The van der Waals surface area contributed by atoms with Crippen LogP contribution in [0.5, 0.6) is 0 Å². The maximum absolute atomic E-state index is 6.20. The van der Waals surface area contributed by atoms with E-state index in [9.17, 15) is 0 Å². The second-order valence-corrected chi connectivity index (χ2v) is 5.13. The van der Waals surface area contributed by atoms with E-state index in [0.717, 1.165) is 6.04 Å². The summed E-state index contributed by atoms with van der Waals surface area (Å²) in [5.41, 5.74) is 0. The summed E-state index contributed by atoms with van der Waals surface area (Å²) in [5.74, 6) is 0. The van der Waals surface area contributed by atoms with Crippen LogP contribution in [0.25, 0.3) is 0 Å². The van der Waals surface area contributed by atoms with Crippen molar-refractivity contribution < 1.29 is 0 Å². The van der Waals surface area contributed by atoms with Gasteiger partial charge in [-0.15, -0.1) is 11.6 Å². The van der Waals surface area contributed by atoms with Gasteiger partial charge in [0.25, 0.3) is 0 Å². The van der Waals surface area contributed by atoms with Gasteiger partial charge in [0.05, 0.1) is 0 Å². The Bertz CT molecular complexity index is 154. The first-order valence-electron chi connectivity index (χ1n) is 5.74. The molecule has 1 nitrogen and oxygen atoms in total. The van der Waals surface area contributed by atoms with Crippen molar-refractivity contribution in [1.82, 2.24) is 4.90 Å². The van der Waals surface area contributed by atoms with Gasteiger partial charge in [-0.3, -0.25) is 0 Å². The Morgan fingerprint density at radius 1 is 0.923 bits per heavy atom. The zero-order chi connectivity index (χ0) is 9.10. The summed E-state index contributed by atoms with van der Waals surface area (Å²) in [5, 5.41) is 0.459. The quantitative estimate of drug-likeness (QED) is 0.590. The number of hydrogen-bond acceptors (Lipinski definition) is 1. The van der Waals surface area contributed by atoms with Crippen LogP contribution in [0, 0.1) is 0 Å². The SMILES string of the molecule is ClC1CCCC(N2CCCCC2)C1. The van der Waals surface area contributed by atoms with E-state index in [2.05, 4.69) is 4.90 Å². The molecule has 2 rings (SSSR count). The van der Waals surface area contributed by atoms with E-state index < -0.39 is 0 Å². The van der Waals surface area contributed by atoms with E-state index in [1.54, 1.807) is 0 Å². The molecule has 2 unspecified atom stereocenters. The Balaban J connectivity index is 1.83. The normalized spacial score (nSPS) is 37.6. The molecule has 0 aromatic carbocycles. The van der Waals surface area contributed by atoms with Gasteiger partial charge in [0, 0.05) is 11.4 Å². The number of halogens is 1. The third-order valence-electron chi connectivity index (χ3n) is 3.49. The van der Waals surface area contributed by atoms with E-state index in [4.69, 9.17) is 11.6 Å². The zero-order valence-corrected chi connectivity index (χ0v) is 9.10. The van der Waals surface area contributed by atoms with Crippen LogP contribution in [0.3, 0.4) is 0 Å². The maximum atomic E-state index is 6.20. The molecule has 2 aliphatic rings. The van der Waals surface area contributed by atoms with Crippen molar-refractivity contribution >= 4 is 11.6 Å². The second-order valence-electron chi connectivity index (χ2n) is 4.51. The van der Waals surface area contributed by atoms with E-state index in [-0.39, 0.29) is 0 Å². The van der Waals surface area contributed by atoms with E-state index in [1.807, 2.05) is 0 Å². The molecule has 0 amide bonds. The largest absolute Gasteiger partial charge is 0.300 e. The zero-order valence-electron chi connectivity index (χ0n) is 8.34. The molecule has 0 spiro atoms. The lowest BCUT2D eigenvalue weighted by Gasteiger charge is -2.38. The molecule has 1 saturated heterocycles. The third-order valence-corrected chi connectivity index (χ3v) is 3.89. The van der Waals surface area contributed by atoms with Gasteiger partial charge >= 0.3 is 0 Å². The highest BCUT2D eigenvalue weighted by atomic mass is 35.5. The number of piperidine rings is 1. The fourth-order valence-electron chi connectivity index (χ4n) is 2.72. The van der Waals surface area contributed by atoms with Crippen LogP contribution in [0.1, 0.15) is 44.9 Å². The lowest BCUT2D eigenvalue weighted by atomic mass is 9.92. The average molecular weight is 202 g/mol. The summed E-state index contributed by atoms with van der Waals surface area (Å²) in [6, 6.07) is 0.816. The van der Waals surface area contributed by atoms with E-state index >= 15 is 0 Å². The van der Waals surface area contributed by atoms with Gasteiger partial charge in [-0.2, -0.15) is 0 Å². The molecule has 0 aromatic heterocycles. The van der Waals surface area contributed by atoms with Gasteiger partial charge in [-0.1, -0.05) is 12.8 Å². The van der Waals surface area contributed by atoms with Crippen molar-refractivity contribution in [3.63, 3.8) is 0 Å². The Morgan fingerprint density at radius 3 is 2.38 bits per heavy atom. The number of likely N-dealkylation sites (tertiary alicyclic amines) is 1. The van der Waals surface area contributed by atoms with Gasteiger partial charge in [0.2, 0.25) is 0 Å². The number of rotatable bonds is 1. The third kappa shape index (κ3) is 2.60. The highest BCUT2D eigenvalue weighted by Crippen LogP contribution is 2.28. The molecule has 1 aliphatic heterocycles. The summed E-state index contributed by atoms with van der Waals surface area (Å²) in [7, 11) is 0. The first-order chi connectivity index (χ1) is 6.36. The fourth-order valence-corrected chi connectivity index (χ4v) is 3.08. The van der Waals surface area contributed by atoms with Gasteiger partial charge < -0.3 is 4.90 Å². The molecule has 0 radical (unpaired) electrons. The average Bonchev–Trinajstić information content (AvgIpc) is 2.19. The fraction of sp³-hybridized carbons (Fsp3) is 1.00. The second kappa shape index (κ2) is 4.65. The van der Waals surface area contributed by atoms with Crippen LogP contribution in [0.15, 0.2) is 0 Å². The maximum Gasteiger partial charge on any atom is 0.0351 e. The summed E-state index contributed by atoms with van der Waals surface area (Å²) in [6.45, 7) is 2.66. The van der Waals surface area contributed by atoms with Crippen molar-refractivity contribution in [2.45, 2.75) is 56.4 Å². The summed E-state index contributed by atoms with van der Waals surface area (Å²) in [4.78, 5) is 2.68. The summed E-state index contributed by atoms with van der Waals surface area (Å²) < 4.78 is 0. The van der Waals surface area contributed by atoms with Gasteiger partial charge in [0.1, 0.15) is 0 Å². The molecule has 1 heterocycles. The minimum absolute atomic E-state index is 0.459. The molecule has 2 atom stereocenters. The molecule has 2 heteroatoms. The lowest BCUT2D eigenvalue weighted by Crippen LogP contribution is -2.42. The Morgan fingerprint density at radius 2 is 1.69 bits per heavy atom. The van der Waals surface area contributed by atoms with Crippen LogP contribution in [-0.4, -0.2) is 29.4 Å². The van der Waals surface area contributed by atoms with Crippen molar-refractivity contribution in [2.24, 2.45) is 0 Å². The molecule has 0 bridgehead atoms. The monoisotopic (exact) mass is 201 g/mol. The van der Waals surface area contributed by atoms with Crippen LogP contribution < -0.4 is 0 Å². The Kier molecular flexibility index (Phi) is 3.51. The molecule has 76 valence electrons. The van der Waals surface area contributed by atoms with E-state index in [0.29, 0.717) is 5.38 Å². The first kappa shape index (κ1) is 9.79. The van der Waals surface area contributed by atoms with Gasteiger partial charge in [0.15, 0.2) is 0 Å². The smallest absolute Gasteiger partial charge is 0.0351 e. The van der Waals surface area contributed by atoms with Crippen LogP contribution in [0.2, 0.25) is 0 Å². The van der Waals surface area contributed by atoms with Gasteiger partial charge in [-0.05, 0) is 45.2 Å². The van der Waals surface area contributed by atoms with Crippen LogP contribution in [0.4, 0.5) is 0 Å². The molecule has 13 heavy (non-hydrogen) atoms. The number of alkyl halides is 1. The molecular formula is C11H20ClN. The van der Waals surface area contributed by atoms with Crippen LogP contribution in [-0.2, 0) is 0 Å². The predicted molar refractivity (Wildman–Crippen MR) is 57.3 cm³/mol. The summed E-state index contributed by atoms with van der Waals surface area (Å²) >= 11 is 6.20. The van der Waals surface area contributed by atoms with Crippen molar-refractivity contribution in [2.75, 3.05) is 13.1 Å². The van der Waals surface area contributed by atoms with Crippen molar-refractivity contribution in [3.8, 4) is 0 Å². The highest BCUT2D eigenvalue weighted by molar-refractivity contribution is 6.20. The Hall–Kier alpha value is 0.250. The Labute approximate surface area is 86.4 Å². The molecule has 0 N–H and O–H groups in total. The van der Waals surface area contributed by atoms with Crippen molar-refractivity contribution in [1.29, 1.82) is 0 Å². The first-order valence-corrected chi connectivity index (χ1v) is 6.18. The molecule has 0 aromatic rings. The molecule has 1 saturated carbocycles. The molecule has 1 aliphatic carbocycles. The van der Waals surface area contributed by atoms with Gasteiger partial charge in [-0.25, -0.2) is 0 Å². The summed E-state index contributed by atoms with van der Waals surface area (Å²) in [6.07, 6.45) is 9.46. The predicted octanol–water partition coefficient (Wildman–Crippen LogP) is 3.02. The molecular weight excluding hydrogens is 182 g/mol. The standard InChI is InChI=1S/C11H20ClN/c12-10-5-4-6-11(9-10)13-7-2-1-3-8-13/h10-11H,1-9H2. The molecule has 2 fully saturated rings. The number of nitrogens with zero attached hydrogens (tertiary/aromatic N) is 1. The minimum atomic E-state index is 0.459. The van der Waals surface area contributed by atoms with Crippen molar-refractivity contribution in [3.05, 3.63) is 0 Å². The van der Waals surface area contributed by atoms with E-state index in [1.165, 1.54) is 58.0 Å². The highest BCUT2D eigenvalue weighted by Gasteiger charge is 2.26. The van der Waals surface area contributed by atoms with Crippen LogP contribution >= 0.6 is 11.6 Å². The topological polar surface area (TPSA) is 3.24 Å². The number of hydrogen-bond donors (Lipinski definition) is 0. The minimum Gasteiger partial charge on any atom is -0.300 e.